The van der Waals surface area contributed by atoms with Gasteiger partial charge in [-0.2, -0.15) is 0 Å². The number of hydrogen-bond donors (Lipinski definition) is 2. The predicted octanol–water partition coefficient (Wildman–Crippen LogP) is 3.21. The molecule has 0 saturated heterocycles. The van der Waals surface area contributed by atoms with E-state index in [1.807, 2.05) is 0 Å². The Morgan fingerprint density at radius 1 is 1.33 bits per heavy atom. The minimum atomic E-state index is -0.369. The van der Waals surface area contributed by atoms with E-state index in [-0.39, 0.29) is 49.0 Å². The van der Waals surface area contributed by atoms with Crippen molar-refractivity contribution in [3.63, 3.8) is 0 Å². The second-order valence-corrected chi connectivity index (χ2v) is 5.02. The highest BCUT2D eigenvalue weighted by atomic mass is 35.5. The number of carbonyl (C=O) groups excluding carboxylic acids is 1. The Labute approximate surface area is 152 Å². The fraction of sp³-hybridized carbons (Fsp3) is 0.250. The van der Waals surface area contributed by atoms with E-state index >= 15 is 0 Å². The SMILES string of the molecule is CC(N)CC(=O)NCc1ccc(Oc2cccc(F)c2)nc1.Cl.Cl. The first-order chi connectivity index (χ1) is 10.5. The number of halogens is 3. The van der Waals surface area contributed by atoms with Crippen LogP contribution in [0.5, 0.6) is 11.6 Å². The molecule has 0 aliphatic heterocycles. The fourth-order valence-electron chi connectivity index (χ4n) is 1.79. The van der Waals surface area contributed by atoms with Crippen LogP contribution in [0.3, 0.4) is 0 Å². The van der Waals surface area contributed by atoms with E-state index in [1.165, 1.54) is 12.1 Å². The van der Waals surface area contributed by atoms with E-state index < -0.39 is 0 Å². The average Bonchev–Trinajstić information content (AvgIpc) is 2.46. The Kier molecular flexibility index (Phi) is 9.95. The van der Waals surface area contributed by atoms with E-state index in [0.29, 0.717) is 18.2 Å². The van der Waals surface area contributed by atoms with Gasteiger partial charge in [0.05, 0.1) is 0 Å². The lowest BCUT2D eigenvalue weighted by molar-refractivity contribution is -0.121. The summed E-state index contributed by atoms with van der Waals surface area (Å²) in [5, 5.41) is 2.76. The molecule has 2 aromatic rings. The monoisotopic (exact) mass is 375 g/mol. The molecule has 0 spiro atoms. The number of nitrogens with zero attached hydrogens (tertiary/aromatic N) is 1. The number of carbonyl (C=O) groups is 1. The van der Waals surface area contributed by atoms with Gasteiger partial charge in [0.25, 0.3) is 0 Å². The van der Waals surface area contributed by atoms with Crippen LogP contribution in [0.1, 0.15) is 18.9 Å². The highest BCUT2D eigenvalue weighted by molar-refractivity contribution is 5.85. The Balaban J connectivity index is 0.00000264. The number of ether oxygens (including phenoxy) is 1. The number of pyridine rings is 1. The Hall–Kier alpha value is -1.89. The first-order valence-electron chi connectivity index (χ1n) is 6.93. The summed E-state index contributed by atoms with van der Waals surface area (Å²) >= 11 is 0. The lowest BCUT2D eigenvalue weighted by Crippen LogP contribution is -2.29. The maximum absolute atomic E-state index is 13.1. The van der Waals surface area contributed by atoms with Gasteiger partial charge in [-0.3, -0.25) is 4.79 Å². The Morgan fingerprint density at radius 2 is 2.08 bits per heavy atom. The molecule has 1 atom stereocenters. The molecule has 1 unspecified atom stereocenters. The molecule has 24 heavy (non-hydrogen) atoms. The molecule has 5 nitrogen and oxygen atoms in total. The molecule has 8 heteroatoms. The normalized spacial score (nSPS) is 10.8. The molecule has 1 aromatic heterocycles. The van der Waals surface area contributed by atoms with Crippen molar-refractivity contribution >= 4 is 30.7 Å². The van der Waals surface area contributed by atoms with Gasteiger partial charge in [0, 0.05) is 37.3 Å². The second kappa shape index (κ2) is 10.8. The zero-order valence-corrected chi connectivity index (χ0v) is 14.7. The number of benzene rings is 1. The summed E-state index contributed by atoms with van der Waals surface area (Å²) in [5.41, 5.74) is 6.39. The summed E-state index contributed by atoms with van der Waals surface area (Å²) in [6.45, 7) is 2.15. The van der Waals surface area contributed by atoms with Crippen molar-refractivity contribution in [3.8, 4) is 11.6 Å². The van der Waals surface area contributed by atoms with Crippen LogP contribution >= 0.6 is 24.8 Å². The number of hydrogen-bond acceptors (Lipinski definition) is 4. The Bertz CT molecular complexity index is 639. The maximum Gasteiger partial charge on any atom is 0.221 e. The van der Waals surface area contributed by atoms with Crippen molar-refractivity contribution in [2.24, 2.45) is 5.73 Å². The van der Waals surface area contributed by atoms with E-state index in [0.717, 1.165) is 5.56 Å². The van der Waals surface area contributed by atoms with Crippen molar-refractivity contribution < 1.29 is 13.9 Å². The van der Waals surface area contributed by atoms with Gasteiger partial charge in [-0.05, 0) is 24.6 Å². The molecule has 0 bridgehead atoms. The zero-order valence-electron chi connectivity index (χ0n) is 13.1. The second-order valence-electron chi connectivity index (χ2n) is 5.02. The number of rotatable bonds is 6. The number of nitrogens with one attached hydrogen (secondary N) is 1. The zero-order chi connectivity index (χ0) is 15.9. The van der Waals surface area contributed by atoms with Crippen LogP contribution in [-0.2, 0) is 11.3 Å². The molecule has 0 fully saturated rings. The van der Waals surface area contributed by atoms with Crippen LogP contribution in [0.25, 0.3) is 0 Å². The minimum Gasteiger partial charge on any atom is -0.439 e. The van der Waals surface area contributed by atoms with E-state index in [9.17, 15) is 9.18 Å². The molecule has 0 aliphatic carbocycles. The van der Waals surface area contributed by atoms with Crippen LogP contribution in [0.15, 0.2) is 42.6 Å². The van der Waals surface area contributed by atoms with Crippen molar-refractivity contribution in [1.29, 1.82) is 0 Å². The van der Waals surface area contributed by atoms with Crippen LogP contribution in [0.2, 0.25) is 0 Å². The number of nitrogens with two attached hydrogens (primary N) is 1. The molecule has 1 aromatic carbocycles. The van der Waals surface area contributed by atoms with Crippen molar-refractivity contribution in [2.75, 3.05) is 0 Å². The van der Waals surface area contributed by atoms with E-state index in [2.05, 4.69) is 10.3 Å². The Morgan fingerprint density at radius 3 is 2.67 bits per heavy atom. The molecule has 0 radical (unpaired) electrons. The smallest absolute Gasteiger partial charge is 0.221 e. The summed E-state index contributed by atoms with van der Waals surface area (Å²) < 4.78 is 18.5. The van der Waals surface area contributed by atoms with Crippen LogP contribution in [0.4, 0.5) is 4.39 Å². The summed E-state index contributed by atoms with van der Waals surface area (Å²) in [6, 6.07) is 9.11. The van der Waals surface area contributed by atoms with E-state index in [4.69, 9.17) is 10.5 Å². The number of amides is 1. The molecule has 0 aliphatic rings. The standard InChI is InChI=1S/C16H18FN3O2.2ClH/c1-11(18)7-15(21)19-9-12-5-6-16(20-10-12)22-14-4-2-3-13(17)8-14;;/h2-6,8,10-11H,7,9,18H2,1H3,(H,19,21);2*1H. The lowest BCUT2D eigenvalue weighted by atomic mass is 10.2. The molecule has 132 valence electrons. The molecule has 1 amide bonds. The third kappa shape index (κ3) is 7.59. The van der Waals surface area contributed by atoms with E-state index in [1.54, 1.807) is 37.4 Å². The average molecular weight is 376 g/mol. The molecule has 2 rings (SSSR count). The summed E-state index contributed by atoms with van der Waals surface area (Å²) in [6.07, 6.45) is 1.88. The molecule has 0 saturated carbocycles. The van der Waals surface area contributed by atoms with Gasteiger partial charge >= 0.3 is 0 Å². The third-order valence-electron chi connectivity index (χ3n) is 2.81. The minimum absolute atomic E-state index is 0. The molecular formula is C16H20Cl2FN3O2. The van der Waals surface area contributed by atoms with Crippen molar-refractivity contribution in [1.82, 2.24) is 10.3 Å². The largest absolute Gasteiger partial charge is 0.439 e. The van der Waals surface area contributed by atoms with Gasteiger partial charge in [-0.25, -0.2) is 9.37 Å². The predicted molar refractivity (Wildman–Crippen MR) is 95.3 cm³/mol. The van der Waals surface area contributed by atoms with Crippen molar-refractivity contribution in [3.05, 3.63) is 54.0 Å². The highest BCUT2D eigenvalue weighted by Gasteiger charge is 2.05. The lowest BCUT2D eigenvalue weighted by Gasteiger charge is -2.08. The first-order valence-corrected chi connectivity index (χ1v) is 6.93. The molecule has 1 heterocycles. The van der Waals surface area contributed by atoms with Gasteiger partial charge in [0.15, 0.2) is 0 Å². The van der Waals surface area contributed by atoms with Gasteiger partial charge < -0.3 is 15.8 Å². The summed E-state index contributed by atoms with van der Waals surface area (Å²) in [4.78, 5) is 15.6. The van der Waals surface area contributed by atoms with Gasteiger partial charge in [-0.1, -0.05) is 12.1 Å². The molecule has 3 N–H and O–H groups in total. The quantitative estimate of drug-likeness (QED) is 0.812. The van der Waals surface area contributed by atoms with Crippen molar-refractivity contribution in [2.45, 2.75) is 25.9 Å². The summed E-state index contributed by atoms with van der Waals surface area (Å²) in [7, 11) is 0. The molecular weight excluding hydrogens is 356 g/mol. The van der Waals surface area contributed by atoms with Crippen LogP contribution in [-0.4, -0.2) is 16.9 Å². The highest BCUT2D eigenvalue weighted by Crippen LogP contribution is 2.19. The summed E-state index contributed by atoms with van der Waals surface area (Å²) in [5.74, 6) is 0.266. The third-order valence-corrected chi connectivity index (χ3v) is 2.81. The maximum atomic E-state index is 13.1. The topological polar surface area (TPSA) is 77.2 Å². The fourth-order valence-corrected chi connectivity index (χ4v) is 1.79. The van der Waals surface area contributed by atoms with Gasteiger partial charge in [-0.15, -0.1) is 24.8 Å². The van der Waals surface area contributed by atoms with Gasteiger partial charge in [0.2, 0.25) is 11.8 Å². The van der Waals surface area contributed by atoms with Gasteiger partial charge in [0.1, 0.15) is 11.6 Å². The number of aromatic nitrogens is 1. The van der Waals surface area contributed by atoms with Crippen LogP contribution < -0.4 is 15.8 Å². The first kappa shape index (κ1) is 22.1. The van der Waals surface area contributed by atoms with Crippen LogP contribution in [0, 0.1) is 5.82 Å².